The van der Waals surface area contributed by atoms with Crippen LogP contribution in [0.25, 0.3) is 10.9 Å². The maximum atomic E-state index is 12.2. The quantitative estimate of drug-likeness (QED) is 0.321. The number of aromatic nitrogens is 4. The highest BCUT2D eigenvalue weighted by molar-refractivity contribution is 6.31. The molecule has 3 unspecified atom stereocenters. The number of unbranched alkanes of at least 4 members (excludes halogenated alkanes) is 1. The lowest BCUT2D eigenvalue weighted by Crippen LogP contribution is -2.30. The Morgan fingerprint density at radius 1 is 1.22 bits per heavy atom. The minimum absolute atomic E-state index is 0.187. The van der Waals surface area contributed by atoms with E-state index in [-0.39, 0.29) is 5.69 Å². The third kappa shape index (κ3) is 5.28. The molecule has 7 nitrogen and oxygen atoms in total. The highest BCUT2D eigenvalue weighted by Crippen LogP contribution is 2.50. The van der Waals surface area contributed by atoms with Crippen molar-refractivity contribution >= 4 is 34.2 Å². The Labute approximate surface area is 211 Å². The van der Waals surface area contributed by atoms with Gasteiger partial charge in [-0.25, -0.2) is 4.79 Å². The molecule has 2 heterocycles. The number of fused-ring (bicyclic) bond motifs is 5. The number of hydrogen-bond acceptors (Lipinski definition) is 6. The molecule has 1 saturated carbocycles. The summed E-state index contributed by atoms with van der Waals surface area (Å²) in [6.07, 6.45) is 3.89. The van der Waals surface area contributed by atoms with E-state index >= 15 is 0 Å². The molecule has 0 spiro atoms. The highest BCUT2D eigenvalue weighted by Gasteiger charge is 2.41. The average Bonchev–Trinajstić information content (AvgIpc) is 3.26. The van der Waals surface area contributed by atoms with E-state index in [0.717, 1.165) is 60.8 Å². The molecule has 2 aliphatic carbocycles. The van der Waals surface area contributed by atoms with E-state index < -0.39 is 18.8 Å². The Morgan fingerprint density at radius 3 is 2.86 bits per heavy atom. The number of esters is 1. The fourth-order valence-electron chi connectivity index (χ4n) is 5.86. The number of nitrogen functional groups attached to an aromatic ring is 1. The lowest BCUT2D eigenvalue weighted by Gasteiger charge is -2.40. The molecule has 36 heavy (non-hydrogen) atoms. The van der Waals surface area contributed by atoms with Gasteiger partial charge in [0.2, 0.25) is 0 Å². The highest BCUT2D eigenvalue weighted by atomic mass is 35.5. The SMILES string of the molecule is Nc1c2c(nc3cc(Cl)ccc13)CC1CC(CCCCn3cc(COC(=O)C(F)(F)F)nn3)CC2C1. The number of carbonyl (C=O) groups excluding carboxylic acids is 1. The summed E-state index contributed by atoms with van der Waals surface area (Å²) in [5, 5.41) is 9.33. The van der Waals surface area contributed by atoms with E-state index in [2.05, 4.69) is 15.0 Å². The van der Waals surface area contributed by atoms with Crippen LogP contribution < -0.4 is 5.73 Å². The van der Waals surface area contributed by atoms with E-state index in [1.807, 2.05) is 18.2 Å². The molecular weight excluding hydrogens is 495 g/mol. The van der Waals surface area contributed by atoms with Crippen LogP contribution in [0.3, 0.4) is 0 Å². The minimum Gasteiger partial charge on any atom is -0.452 e. The zero-order valence-electron chi connectivity index (χ0n) is 19.6. The van der Waals surface area contributed by atoms with E-state index in [9.17, 15) is 18.0 Å². The standard InChI is InChI=1S/C25H27ClF3N5O2/c26-17-4-5-19-20(11-17)31-21-10-15-7-14(8-16(9-15)22(21)23(19)30)3-1-2-6-34-12-18(32-33-34)13-36-24(35)25(27,28)29/h4-5,11-12,14-16H,1-3,6-10,13H2,(H2,30,31). The van der Waals surface area contributed by atoms with Crippen LogP contribution in [-0.4, -0.2) is 32.1 Å². The number of anilines is 1. The zero-order chi connectivity index (χ0) is 25.4. The summed E-state index contributed by atoms with van der Waals surface area (Å²) in [6.45, 7) is 0.0546. The first-order chi connectivity index (χ1) is 17.2. The van der Waals surface area contributed by atoms with Crippen molar-refractivity contribution < 1.29 is 22.7 Å². The van der Waals surface area contributed by atoms with E-state index in [4.69, 9.17) is 22.3 Å². The van der Waals surface area contributed by atoms with Crippen molar-refractivity contribution in [3.05, 3.63) is 46.4 Å². The van der Waals surface area contributed by atoms with Crippen molar-refractivity contribution in [2.45, 2.75) is 70.2 Å². The molecule has 2 bridgehead atoms. The third-order valence-corrected chi connectivity index (χ3v) is 7.55. The Hall–Kier alpha value is -2.88. The summed E-state index contributed by atoms with van der Waals surface area (Å²) in [4.78, 5) is 15.7. The van der Waals surface area contributed by atoms with Crippen LogP contribution in [0.5, 0.6) is 0 Å². The maximum absolute atomic E-state index is 12.2. The number of ether oxygens (including phenoxy) is 1. The summed E-state index contributed by atoms with van der Waals surface area (Å²) in [6, 6.07) is 5.70. The third-order valence-electron chi connectivity index (χ3n) is 7.32. The first-order valence-corrected chi connectivity index (χ1v) is 12.6. The van der Waals surface area contributed by atoms with Crippen molar-refractivity contribution in [2.24, 2.45) is 11.8 Å². The molecule has 0 aliphatic heterocycles. The molecule has 1 fully saturated rings. The number of carbonyl (C=O) groups is 1. The maximum Gasteiger partial charge on any atom is 0.490 e. The number of benzene rings is 1. The summed E-state index contributed by atoms with van der Waals surface area (Å²) in [7, 11) is 0. The largest absolute Gasteiger partial charge is 0.490 e. The number of hydrogen-bond donors (Lipinski definition) is 1. The van der Waals surface area contributed by atoms with Crippen molar-refractivity contribution in [3.63, 3.8) is 0 Å². The van der Waals surface area contributed by atoms with Gasteiger partial charge in [0.25, 0.3) is 0 Å². The molecule has 1 aromatic carbocycles. The number of rotatable bonds is 7. The van der Waals surface area contributed by atoms with E-state index in [1.54, 1.807) is 4.68 Å². The number of halogens is 4. The van der Waals surface area contributed by atoms with Gasteiger partial charge in [0.15, 0.2) is 0 Å². The zero-order valence-corrected chi connectivity index (χ0v) is 20.4. The van der Waals surface area contributed by atoms with E-state index in [0.29, 0.717) is 29.3 Å². The van der Waals surface area contributed by atoms with Gasteiger partial charge in [-0.15, -0.1) is 5.10 Å². The molecule has 2 aromatic heterocycles. The van der Waals surface area contributed by atoms with Gasteiger partial charge in [0.05, 0.1) is 11.7 Å². The van der Waals surface area contributed by atoms with Gasteiger partial charge < -0.3 is 10.5 Å². The van der Waals surface area contributed by atoms with Crippen LogP contribution in [0, 0.1) is 11.8 Å². The van der Waals surface area contributed by atoms with Crippen LogP contribution in [-0.2, 0) is 29.1 Å². The average molecular weight is 522 g/mol. The predicted molar refractivity (Wildman–Crippen MR) is 128 cm³/mol. The molecule has 0 saturated heterocycles. The van der Waals surface area contributed by atoms with Crippen LogP contribution in [0.1, 0.15) is 61.4 Å². The van der Waals surface area contributed by atoms with Crippen LogP contribution in [0.4, 0.5) is 18.9 Å². The van der Waals surface area contributed by atoms with Crippen molar-refractivity contribution in [1.82, 2.24) is 20.0 Å². The van der Waals surface area contributed by atoms with Crippen LogP contribution in [0.2, 0.25) is 5.02 Å². The number of pyridine rings is 1. The normalized spacial score (nSPS) is 21.4. The number of nitrogens with two attached hydrogens (primary N) is 1. The second kappa shape index (κ2) is 9.88. The molecular formula is C25H27ClF3N5O2. The topological polar surface area (TPSA) is 95.9 Å². The smallest absolute Gasteiger partial charge is 0.452 e. The van der Waals surface area contributed by atoms with Gasteiger partial charge in [-0.1, -0.05) is 29.7 Å². The lowest BCUT2D eigenvalue weighted by molar-refractivity contribution is -0.201. The van der Waals surface area contributed by atoms with Gasteiger partial charge in [0.1, 0.15) is 12.3 Å². The van der Waals surface area contributed by atoms with Gasteiger partial charge in [-0.05, 0) is 68.1 Å². The lowest BCUT2D eigenvalue weighted by atomic mass is 9.65. The molecule has 11 heteroatoms. The number of nitrogens with zero attached hydrogens (tertiary/aromatic N) is 4. The second-order valence-electron chi connectivity index (χ2n) is 9.93. The molecule has 2 N–H and O–H groups in total. The number of alkyl halides is 3. The number of aryl methyl sites for hydroxylation is 1. The first-order valence-electron chi connectivity index (χ1n) is 12.2. The minimum atomic E-state index is -5.01. The summed E-state index contributed by atoms with van der Waals surface area (Å²) in [5.41, 5.74) is 10.9. The van der Waals surface area contributed by atoms with Crippen molar-refractivity contribution in [3.8, 4) is 0 Å². The molecule has 3 atom stereocenters. The Morgan fingerprint density at radius 2 is 2.06 bits per heavy atom. The van der Waals surface area contributed by atoms with Crippen LogP contribution in [0.15, 0.2) is 24.4 Å². The fraction of sp³-hybridized carbons (Fsp3) is 0.520. The summed E-state index contributed by atoms with van der Waals surface area (Å²) < 4.78 is 42.5. The molecule has 3 aromatic rings. The molecule has 2 aliphatic rings. The van der Waals surface area contributed by atoms with Gasteiger partial charge in [-0.2, -0.15) is 13.2 Å². The molecule has 0 amide bonds. The van der Waals surface area contributed by atoms with Gasteiger partial charge in [0, 0.05) is 33.9 Å². The second-order valence-corrected chi connectivity index (χ2v) is 10.4. The Kier molecular flexibility index (Phi) is 6.80. The van der Waals surface area contributed by atoms with Crippen molar-refractivity contribution in [2.75, 3.05) is 5.73 Å². The molecule has 0 radical (unpaired) electrons. The summed E-state index contributed by atoms with van der Waals surface area (Å²) >= 11 is 6.17. The summed E-state index contributed by atoms with van der Waals surface area (Å²) in [5.74, 6) is -0.563. The fourth-order valence-corrected chi connectivity index (χ4v) is 6.03. The van der Waals surface area contributed by atoms with Gasteiger partial charge in [-0.3, -0.25) is 9.67 Å². The molecule has 192 valence electrons. The van der Waals surface area contributed by atoms with Crippen LogP contribution >= 0.6 is 11.6 Å². The predicted octanol–water partition coefficient (Wildman–Crippen LogP) is 5.59. The van der Waals surface area contributed by atoms with E-state index in [1.165, 1.54) is 18.2 Å². The molecule has 5 rings (SSSR count). The van der Waals surface area contributed by atoms with Gasteiger partial charge >= 0.3 is 12.1 Å². The Bertz CT molecular complexity index is 1280. The van der Waals surface area contributed by atoms with Crippen molar-refractivity contribution in [1.29, 1.82) is 0 Å². The first kappa shape index (κ1) is 24.8. The Balaban J connectivity index is 1.13. The monoisotopic (exact) mass is 521 g/mol.